The lowest BCUT2D eigenvalue weighted by Crippen LogP contribution is -2.35. The van der Waals surface area contributed by atoms with E-state index in [1.807, 2.05) is 40.6 Å². The molecule has 0 aliphatic heterocycles. The average molecular weight is 289 g/mol. The van der Waals surface area contributed by atoms with Gasteiger partial charge in [-0.05, 0) is 19.1 Å². The van der Waals surface area contributed by atoms with Crippen molar-refractivity contribution in [3.63, 3.8) is 0 Å². The normalized spacial score (nSPS) is 11.2. The van der Waals surface area contributed by atoms with Crippen molar-refractivity contribution in [2.45, 2.75) is 33.4 Å². The lowest BCUT2D eigenvalue weighted by molar-refractivity contribution is -0.116. The maximum absolute atomic E-state index is 11.3. The van der Waals surface area contributed by atoms with Crippen LogP contribution in [0.15, 0.2) is 24.4 Å². The zero-order valence-electron chi connectivity index (χ0n) is 12.8. The lowest BCUT2D eigenvalue weighted by Gasteiger charge is -2.20. The van der Waals surface area contributed by atoms with E-state index in [0.29, 0.717) is 19.1 Å². The van der Waals surface area contributed by atoms with Crippen LogP contribution in [0.5, 0.6) is 0 Å². The van der Waals surface area contributed by atoms with Crippen molar-refractivity contribution in [3.8, 4) is 0 Å². The van der Waals surface area contributed by atoms with Crippen LogP contribution >= 0.6 is 0 Å². The fourth-order valence-electron chi connectivity index (χ4n) is 2.28. The predicted octanol–water partition coefficient (Wildman–Crippen LogP) is 1.14. The third-order valence-corrected chi connectivity index (χ3v) is 3.31. The van der Waals surface area contributed by atoms with Gasteiger partial charge in [0.25, 0.3) is 0 Å². The van der Waals surface area contributed by atoms with Crippen LogP contribution in [0.2, 0.25) is 0 Å². The molecule has 0 bridgehead atoms. The number of aromatic nitrogens is 2. The van der Waals surface area contributed by atoms with Crippen molar-refractivity contribution >= 4 is 17.4 Å². The number of rotatable bonds is 7. The van der Waals surface area contributed by atoms with Crippen molar-refractivity contribution in [3.05, 3.63) is 30.1 Å². The zero-order chi connectivity index (χ0) is 15.4. The lowest BCUT2D eigenvalue weighted by atomic mass is 10.3. The van der Waals surface area contributed by atoms with E-state index in [9.17, 15) is 4.79 Å². The molecule has 2 aromatic rings. The molecule has 0 spiro atoms. The van der Waals surface area contributed by atoms with Gasteiger partial charge in [0.1, 0.15) is 5.65 Å². The fraction of sp³-hybridized carbons (Fsp3) is 0.467. The maximum Gasteiger partial charge on any atom is 0.236 e. The molecule has 0 aliphatic carbocycles. The summed E-state index contributed by atoms with van der Waals surface area (Å²) in [6, 6.07) is 6.26. The van der Waals surface area contributed by atoms with Gasteiger partial charge in [-0.15, -0.1) is 0 Å². The molecule has 2 rings (SSSR count). The highest BCUT2D eigenvalue weighted by atomic mass is 16.1. The number of pyridine rings is 1. The molecule has 3 N–H and O–H groups in total. The average Bonchev–Trinajstić information content (AvgIpc) is 2.80. The van der Waals surface area contributed by atoms with Gasteiger partial charge in [0.05, 0.1) is 12.2 Å². The molecule has 114 valence electrons. The van der Waals surface area contributed by atoms with Crippen LogP contribution in [-0.2, 0) is 11.3 Å². The Labute approximate surface area is 124 Å². The predicted molar refractivity (Wildman–Crippen MR) is 84.2 cm³/mol. The van der Waals surface area contributed by atoms with Crippen molar-refractivity contribution in [2.24, 2.45) is 5.73 Å². The molecule has 0 saturated carbocycles. The Balaban J connectivity index is 2.44. The van der Waals surface area contributed by atoms with Gasteiger partial charge < -0.3 is 20.4 Å². The number of anilines is 1. The number of amides is 1. The van der Waals surface area contributed by atoms with E-state index in [0.717, 1.165) is 17.2 Å². The van der Waals surface area contributed by atoms with Crippen LogP contribution in [0.25, 0.3) is 5.65 Å². The summed E-state index contributed by atoms with van der Waals surface area (Å²) in [4.78, 5) is 17.8. The third-order valence-electron chi connectivity index (χ3n) is 3.31. The van der Waals surface area contributed by atoms with E-state index in [-0.39, 0.29) is 12.5 Å². The second kappa shape index (κ2) is 6.58. The number of primary amides is 1. The summed E-state index contributed by atoms with van der Waals surface area (Å²) in [5.41, 5.74) is 7.26. The molecule has 1 amide bonds. The van der Waals surface area contributed by atoms with Crippen molar-refractivity contribution in [1.29, 1.82) is 0 Å². The number of fused-ring (bicyclic) bond motifs is 1. The highest BCUT2D eigenvalue weighted by molar-refractivity contribution is 5.79. The molecule has 6 nitrogen and oxygen atoms in total. The summed E-state index contributed by atoms with van der Waals surface area (Å²) in [6.45, 7) is 7.74. The number of hydrogen-bond donors (Lipinski definition) is 2. The molecular weight excluding hydrogens is 266 g/mol. The van der Waals surface area contributed by atoms with E-state index in [1.165, 1.54) is 0 Å². The molecular formula is C15H23N5O. The number of carbonyl (C=O) groups excluding carboxylic acids is 1. The van der Waals surface area contributed by atoms with Gasteiger partial charge in [-0.2, -0.15) is 0 Å². The first-order valence-corrected chi connectivity index (χ1v) is 7.25. The molecule has 0 atom stereocenters. The quantitative estimate of drug-likeness (QED) is 0.801. The van der Waals surface area contributed by atoms with Gasteiger partial charge in [0.15, 0.2) is 5.82 Å². The Bertz CT molecular complexity index is 620. The van der Waals surface area contributed by atoms with Crippen molar-refractivity contribution in [2.75, 3.05) is 18.0 Å². The molecule has 2 aromatic heterocycles. The van der Waals surface area contributed by atoms with E-state index in [2.05, 4.69) is 24.1 Å². The summed E-state index contributed by atoms with van der Waals surface area (Å²) in [6.07, 6.45) is 1.99. The van der Waals surface area contributed by atoms with Crippen molar-refractivity contribution in [1.82, 2.24) is 14.7 Å². The highest BCUT2D eigenvalue weighted by Crippen LogP contribution is 2.21. The minimum atomic E-state index is -0.350. The van der Waals surface area contributed by atoms with Crippen LogP contribution in [0.1, 0.15) is 26.5 Å². The number of nitrogens with two attached hydrogens (primary N) is 1. The van der Waals surface area contributed by atoms with Crippen molar-refractivity contribution < 1.29 is 4.79 Å². The fourth-order valence-corrected chi connectivity index (χ4v) is 2.28. The Morgan fingerprint density at radius 3 is 2.86 bits per heavy atom. The summed E-state index contributed by atoms with van der Waals surface area (Å²) < 4.78 is 2.05. The second-order valence-corrected chi connectivity index (χ2v) is 5.33. The number of hydrogen-bond acceptors (Lipinski definition) is 4. The van der Waals surface area contributed by atoms with Gasteiger partial charge in [-0.1, -0.05) is 19.9 Å². The second-order valence-electron chi connectivity index (χ2n) is 5.33. The molecule has 0 unspecified atom stereocenters. The standard InChI is InChI=1S/C15H23N5O/c1-4-19(10-13(16)21)15-12(9-17-11(2)3)20-8-6-5-7-14(20)18-15/h5-8,11,17H,4,9-10H2,1-3H3,(H2,16,21). The molecule has 0 fully saturated rings. The van der Waals surface area contributed by atoms with Gasteiger partial charge >= 0.3 is 0 Å². The van der Waals surface area contributed by atoms with Crippen LogP contribution in [0, 0.1) is 0 Å². The van der Waals surface area contributed by atoms with Crippen LogP contribution in [-0.4, -0.2) is 34.4 Å². The van der Waals surface area contributed by atoms with Crippen LogP contribution in [0.4, 0.5) is 5.82 Å². The van der Waals surface area contributed by atoms with Crippen LogP contribution < -0.4 is 16.0 Å². The molecule has 21 heavy (non-hydrogen) atoms. The number of likely N-dealkylation sites (N-methyl/N-ethyl adjacent to an activating group) is 1. The van der Waals surface area contributed by atoms with Gasteiger partial charge in [-0.25, -0.2) is 4.98 Å². The smallest absolute Gasteiger partial charge is 0.236 e. The van der Waals surface area contributed by atoms with Gasteiger partial charge in [-0.3, -0.25) is 4.79 Å². The van der Waals surface area contributed by atoms with E-state index in [1.54, 1.807) is 0 Å². The summed E-state index contributed by atoms with van der Waals surface area (Å²) in [7, 11) is 0. The molecule has 0 aliphatic rings. The topological polar surface area (TPSA) is 75.7 Å². The number of carbonyl (C=O) groups is 1. The molecule has 0 radical (unpaired) electrons. The minimum absolute atomic E-state index is 0.176. The molecule has 0 aromatic carbocycles. The summed E-state index contributed by atoms with van der Waals surface area (Å²) in [5, 5.41) is 3.41. The van der Waals surface area contributed by atoms with Gasteiger partial charge in [0, 0.05) is 25.3 Å². The Kier molecular flexibility index (Phi) is 4.80. The zero-order valence-corrected chi connectivity index (χ0v) is 12.8. The third kappa shape index (κ3) is 3.52. The first-order valence-electron chi connectivity index (χ1n) is 7.25. The summed E-state index contributed by atoms with van der Waals surface area (Å²) in [5.74, 6) is 0.465. The number of nitrogens with zero attached hydrogens (tertiary/aromatic N) is 3. The SMILES string of the molecule is CCN(CC(N)=O)c1nc2ccccn2c1CNC(C)C. The highest BCUT2D eigenvalue weighted by Gasteiger charge is 2.18. The Morgan fingerprint density at radius 2 is 2.24 bits per heavy atom. The minimum Gasteiger partial charge on any atom is -0.368 e. The Hall–Kier alpha value is -2.08. The number of nitrogens with one attached hydrogen (secondary N) is 1. The van der Waals surface area contributed by atoms with E-state index in [4.69, 9.17) is 5.73 Å². The first kappa shape index (κ1) is 15.3. The van der Waals surface area contributed by atoms with Gasteiger partial charge in [0.2, 0.25) is 5.91 Å². The summed E-state index contributed by atoms with van der Waals surface area (Å²) >= 11 is 0. The molecule has 0 saturated heterocycles. The van der Waals surface area contributed by atoms with E-state index < -0.39 is 0 Å². The molecule has 6 heteroatoms. The monoisotopic (exact) mass is 289 g/mol. The van der Waals surface area contributed by atoms with Crippen LogP contribution in [0.3, 0.4) is 0 Å². The number of imidazole rings is 1. The maximum atomic E-state index is 11.3. The van der Waals surface area contributed by atoms with E-state index >= 15 is 0 Å². The largest absolute Gasteiger partial charge is 0.368 e. The molecule has 2 heterocycles. The first-order chi connectivity index (χ1) is 10.0. The Morgan fingerprint density at radius 1 is 1.48 bits per heavy atom.